The van der Waals surface area contributed by atoms with Crippen LogP contribution in [-0.4, -0.2) is 48.2 Å². The van der Waals surface area contributed by atoms with Crippen molar-refractivity contribution in [1.82, 2.24) is 15.5 Å². The highest BCUT2D eigenvalue weighted by Gasteiger charge is 2.51. The van der Waals surface area contributed by atoms with Crippen LogP contribution in [0.3, 0.4) is 0 Å². The van der Waals surface area contributed by atoms with E-state index in [1.165, 1.54) is 38.5 Å². The summed E-state index contributed by atoms with van der Waals surface area (Å²) in [6.07, 6.45) is 8.40. The number of carbonyl (C=O) groups excluding carboxylic acids is 4. The molecule has 0 spiro atoms. The third kappa shape index (κ3) is 4.05. The van der Waals surface area contributed by atoms with Gasteiger partial charge in [0.05, 0.1) is 11.1 Å². The third-order valence-corrected chi connectivity index (χ3v) is 7.91. The number of nitrogens with zero attached hydrogens (tertiary/aromatic N) is 1. The van der Waals surface area contributed by atoms with Gasteiger partial charge in [-0.1, -0.05) is 12.1 Å². The minimum Gasteiger partial charge on any atom is -0.354 e. The molecule has 1 aromatic rings. The minimum atomic E-state index is -0.352. The zero-order valence-electron chi connectivity index (χ0n) is 18.4. The van der Waals surface area contributed by atoms with Crippen LogP contribution in [0.2, 0.25) is 0 Å². The molecule has 1 heterocycles. The van der Waals surface area contributed by atoms with E-state index in [2.05, 4.69) is 10.6 Å². The van der Waals surface area contributed by atoms with E-state index in [4.69, 9.17) is 0 Å². The van der Waals surface area contributed by atoms with Gasteiger partial charge in [0.2, 0.25) is 11.8 Å². The van der Waals surface area contributed by atoms with Crippen molar-refractivity contribution < 1.29 is 19.2 Å². The molecule has 1 aromatic carbocycles. The van der Waals surface area contributed by atoms with Gasteiger partial charge >= 0.3 is 0 Å². The summed E-state index contributed by atoms with van der Waals surface area (Å²) in [4.78, 5) is 50.5. The summed E-state index contributed by atoms with van der Waals surface area (Å²) in [5, 5.41) is 5.73. The lowest BCUT2D eigenvalue weighted by Crippen LogP contribution is -2.48. The molecule has 0 aromatic heterocycles. The molecule has 4 saturated carbocycles. The molecule has 0 unspecified atom stereocenters. The fourth-order valence-corrected chi connectivity index (χ4v) is 7.06. The minimum absolute atomic E-state index is 0.0483. The first kappa shape index (κ1) is 21.2. The number of hydrogen-bond acceptors (Lipinski definition) is 4. The van der Waals surface area contributed by atoms with Crippen LogP contribution in [-0.2, 0) is 9.59 Å². The molecule has 0 radical (unpaired) electrons. The van der Waals surface area contributed by atoms with Crippen LogP contribution in [0.15, 0.2) is 24.3 Å². The highest BCUT2D eigenvalue weighted by molar-refractivity contribution is 6.21. The smallest absolute Gasteiger partial charge is 0.261 e. The molecule has 7 nitrogen and oxygen atoms in total. The van der Waals surface area contributed by atoms with Gasteiger partial charge in [0, 0.05) is 32.5 Å². The van der Waals surface area contributed by atoms with Crippen molar-refractivity contribution >= 4 is 23.6 Å². The molecule has 5 aliphatic rings. The second kappa shape index (κ2) is 8.34. The standard InChI is InChI=1S/C25H31N3O4/c29-21(5-8-28-23(31)19-3-1-2-4-20(19)24(28)32)26-6-7-27-22(30)15-25-12-16-9-17(13-25)11-18(10-16)14-25/h1-4,16-18H,5-15H2,(H,26,29)(H,27,30). The van der Waals surface area contributed by atoms with E-state index < -0.39 is 0 Å². The van der Waals surface area contributed by atoms with Crippen LogP contribution in [0.4, 0.5) is 0 Å². The van der Waals surface area contributed by atoms with E-state index in [-0.39, 0.29) is 42.0 Å². The molecule has 4 amide bonds. The van der Waals surface area contributed by atoms with Gasteiger partial charge in [0.1, 0.15) is 0 Å². The van der Waals surface area contributed by atoms with Gasteiger partial charge in [-0.3, -0.25) is 24.1 Å². The van der Waals surface area contributed by atoms with Gasteiger partial charge in [-0.25, -0.2) is 0 Å². The van der Waals surface area contributed by atoms with Gasteiger partial charge < -0.3 is 10.6 Å². The lowest BCUT2D eigenvalue weighted by molar-refractivity contribution is -0.129. The fourth-order valence-electron chi connectivity index (χ4n) is 7.06. The van der Waals surface area contributed by atoms with Gasteiger partial charge in [0.25, 0.3) is 11.8 Å². The van der Waals surface area contributed by atoms with Crippen LogP contribution in [0.5, 0.6) is 0 Å². The molecule has 6 rings (SSSR count). The van der Waals surface area contributed by atoms with Gasteiger partial charge in [-0.05, 0) is 73.8 Å². The Labute approximate surface area is 188 Å². The predicted octanol–water partition coefficient (Wildman–Crippen LogP) is 2.51. The quantitative estimate of drug-likeness (QED) is 0.483. The molecule has 0 atom stereocenters. The SMILES string of the molecule is O=C(CCN1C(=O)c2ccccc2C1=O)NCCNC(=O)CC12CC3CC(CC(C3)C1)C2. The Kier molecular flexibility index (Phi) is 5.51. The maximum absolute atomic E-state index is 12.5. The van der Waals surface area contributed by atoms with E-state index in [9.17, 15) is 19.2 Å². The Morgan fingerprint density at radius 2 is 1.34 bits per heavy atom. The maximum Gasteiger partial charge on any atom is 0.261 e. The van der Waals surface area contributed by atoms with Gasteiger partial charge in [-0.15, -0.1) is 0 Å². The predicted molar refractivity (Wildman–Crippen MR) is 118 cm³/mol. The maximum atomic E-state index is 12.5. The van der Waals surface area contributed by atoms with Crippen molar-refractivity contribution in [2.45, 2.75) is 51.4 Å². The van der Waals surface area contributed by atoms with E-state index in [1.54, 1.807) is 24.3 Å². The summed E-state index contributed by atoms with van der Waals surface area (Å²) in [5.41, 5.74) is 0.994. The Hall–Kier alpha value is -2.70. The fraction of sp³-hybridized carbons (Fsp3) is 0.600. The van der Waals surface area contributed by atoms with Crippen LogP contribution >= 0.6 is 0 Å². The molecule has 7 heteroatoms. The van der Waals surface area contributed by atoms with E-state index >= 15 is 0 Å². The van der Waals surface area contributed by atoms with E-state index in [0.29, 0.717) is 30.6 Å². The van der Waals surface area contributed by atoms with Crippen molar-refractivity contribution in [3.63, 3.8) is 0 Å². The van der Waals surface area contributed by atoms with Crippen LogP contribution in [0.25, 0.3) is 0 Å². The highest BCUT2D eigenvalue weighted by Crippen LogP contribution is 2.61. The summed E-state index contributed by atoms with van der Waals surface area (Å²) in [6, 6.07) is 6.69. The number of rotatable bonds is 8. The highest BCUT2D eigenvalue weighted by atomic mass is 16.2. The van der Waals surface area contributed by atoms with Crippen molar-refractivity contribution in [2.24, 2.45) is 23.2 Å². The average molecular weight is 438 g/mol. The number of hydrogen-bond donors (Lipinski definition) is 2. The molecule has 0 saturated heterocycles. The zero-order chi connectivity index (χ0) is 22.3. The van der Waals surface area contributed by atoms with Crippen LogP contribution in [0, 0.1) is 23.2 Å². The second-order valence-electron chi connectivity index (χ2n) is 10.4. The number of nitrogens with one attached hydrogen (secondary N) is 2. The van der Waals surface area contributed by atoms with E-state index in [0.717, 1.165) is 22.7 Å². The number of fused-ring (bicyclic) bond motifs is 1. The molecule has 4 bridgehead atoms. The summed E-state index contributed by atoms with van der Waals surface area (Å²) in [7, 11) is 0. The molecule has 4 fully saturated rings. The van der Waals surface area contributed by atoms with E-state index in [1.807, 2.05) is 0 Å². The van der Waals surface area contributed by atoms with Crippen molar-refractivity contribution in [1.29, 1.82) is 0 Å². The molecule has 32 heavy (non-hydrogen) atoms. The Morgan fingerprint density at radius 1 is 0.844 bits per heavy atom. The summed E-state index contributed by atoms with van der Waals surface area (Å²) in [6.45, 7) is 0.786. The second-order valence-corrected chi connectivity index (χ2v) is 10.4. The Morgan fingerprint density at radius 3 is 1.88 bits per heavy atom. The first-order chi connectivity index (χ1) is 15.4. The third-order valence-electron chi connectivity index (χ3n) is 7.91. The molecule has 1 aliphatic heterocycles. The Bertz CT molecular complexity index is 886. The number of amides is 4. The summed E-state index contributed by atoms with van der Waals surface area (Å²) in [5.74, 6) is 1.64. The molecule has 4 aliphatic carbocycles. The topological polar surface area (TPSA) is 95.6 Å². The first-order valence-corrected chi connectivity index (χ1v) is 11.9. The molecular formula is C25H31N3O4. The molecule has 170 valence electrons. The number of carbonyl (C=O) groups is 4. The van der Waals surface area contributed by atoms with Crippen molar-refractivity contribution in [3.8, 4) is 0 Å². The summed E-state index contributed by atoms with van der Waals surface area (Å²) < 4.78 is 0. The molecule has 2 N–H and O–H groups in total. The van der Waals surface area contributed by atoms with Gasteiger partial charge in [0.15, 0.2) is 0 Å². The largest absolute Gasteiger partial charge is 0.354 e. The van der Waals surface area contributed by atoms with Crippen LogP contribution in [0.1, 0.15) is 72.1 Å². The first-order valence-electron chi connectivity index (χ1n) is 11.9. The van der Waals surface area contributed by atoms with Crippen molar-refractivity contribution in [3.05, 3.63) is 35.4 Å². The normalized spacial score (nSPS) is 29.9. The van der Waals surface area contributed by atoms with Gasteiger partial charge in [-0.2, -0.15) is 0 Å². The zero-order valence-corrected chi connectivity index (χ0v) is 18.4. The lowest BCUT2D eigenvalue weighted by Gasteiger charge is -2.56. The number of benzene rings is 1. The van der Waals surface area contributed by atoms with Crippen LogP contribution < -0.4 is 10.6 Å². The Balaban J connectivity index is 1.01. The lowest BCUT2D eigenvalue weighted by atomic mass is 9.49. The monoisotopic (exact) mass is 437 g/mol. The summed E-state index contributed by atoms with van der Waals surface area (Å²) >= 11 is 0. The average Bonchev–Trinajstić information content (AvgIpc) is 2.98. The molecular weight excluding hydrogens is 406 g/mol. The number of imide groups is 1. The van der Waals surface area contributed by atoms with Crippen molar-refractivity contribution in [2.75, 3.05) is 19.6 Å².